The van der Waals surface area contributed by atoms with Crippen molar-refractivity contribution < 1.29 is 23.1 Å². The summed E-state index contributed by atoms with van der Waals surface area (Å²) in [7, 11) is 0. The zero-order chi connectivity index (χ0) is 23.2. The molecule has 0 spiro atoms. The lowest BCUT2D eigenvalue weighted by atomic mass is 10.1. The molecule has 2 N–H and O–H groups in total. The number of benzene rings is 2. The number of carboxylic acids is 1. The third-order valence-electron chi connectivity index (χ3n) is 5.83. The molecular weight excluding hydrogens is 431 g/mol. The zero-order valence-corrected chi connectivity index (χ0v) is 17.4. The van der Waals surface area contributed by atoms with Gasteiger partial charge in [0.2, 0.25) is 0 Å². The average Bonchev–Trinajstić information content (AvgIpc) is 3.56. The van der Waals surface area contributed by atoms with E-state index in [4.69, 9.17) is 0 Å². The van der Waals surface area contributed by atoms with Gasteiger partial charge in [-0.2, -0.15) is 13.2 Å². The summed E-state index contributed by atoms with van der Waals surface area (Å²) in [5.41, 5.74) is 2.48. The second-order valence-electron chi connectivity index (χ2n) is 8.28. The highest BCUT2D eigenvalue weighted by molar-refractivity contribution is 5.95. The highest BCUT2D eigenvalue weighted by atomic mass is 19.4. The van der Waals surface area contributed by atoms with E-state index in [2.05, 4.69) is 10.3 Å². The van der Waals surface area contributed by atoms with E-state index in [0.29, 0.717) is 23.7 Å². The maximum absolute atomic E-state index is 13.0. The summed E-state index contributed by atoms with van der Waals surface area (Å²) in [6, 6.07) is 14.4. The summed E-state index contributed by atoms with van der Waals surface area (Å²) in [5.74, 6) is -0.368. The lowest BCUT2D eigenvalue weighted by molar-refractivity contribution is -0.137. The average molecular weight is 451 g/mol. The van der Waals surface area contributed by atoms with Crippen LogP contribution in [-0.2, 0) is 12.7 Å². The van der Waals surface area contributed by atoms with Crippen LogP contribution in [0.3, 0.4) is 0 Å². The molecule has 0 saturated heterocycles. The van der Waals surface area contributed by atoms with Crippen LogP contribution < -0.4 is 5.32 Å². The van der Waals surface area contributed by atoms with Gasteiger partial charge in [0.25, 0.3) is 0 Å². The van der Waals surface area contributed by atoms with E-state index in [1.54, 1.807) is 24.4 Å². The summed E-state index contributed by atoms with van der Waals surface area (Å²) < 4.78 is 40.9. The van der Waals surface area contributed by atoms with Gasteiger partial charge < -0.3 is 15.0 Å². The molecule has 1 aliphatic rings. The van der Waals surface area contributed by atoms with E-state index >= 15 is 0 Å². The Morgan fingerprint density at radius 1 is 1.12 bits per heavy atom. The zero-order valence-electron chi connectivity index (χ0n) is 17.4. The molecule has 1 aliphatic carbocycles. The minimum Gasteiger partial charge on any atom is -0.478 e. The van der Waals surface area contributed by atoms with Crippen molar-refractivity contribution >= 4 is 28.4 Å². The highest BCUT2D eigenvalue weighted by Gasteiger charge is 2.30. The van der Waals surface area contributed by atoms with Crippen molar-refractivity contribution in [3.63, 3.8) is 0 Å². The number of rotatable bonds is 6. The van der Waals surface area contributed by atoms with Crippen LogP contribution in [-0.4, -0.2) is 20.6 Å². The Bertz CT molecular complexity index is 1360. The number of hydrogen-bond acceptors (Lipinski definition) is 3. The van der Waals surface area contributed by atoms with Gasteiger partial charge in [-0.15, -0.1) is 0 Å². The highest BCUT2D eigenvalue weighted by Crippen LogP contribution is 2.40. The molecule has 2 aromatic carbocycles. The molecule has 0 aliphatic heterocycles. The Morgan fingerprint density at radius 2 is 1.94 bits per heavy atom. The van der Waals surface area contributed by atoms with Crippen LogP contribution in [0.1, 0.15) is 45.8 Å². The SMILES string of the molecule is O=C(O)c1cc(C2CC2)cnc1Nc1ccc2c(ccn2Cc2cccc(C(F)(F)F)c2)c1. The molecule has 1 fully saturated rings. The number of nitrogens with zero attached hydrogens (tertiary/aromatic N) is 2. The van der Waals surface area contributed by atoms with E-state index in [1.807, 2.05) is 29.0 Å². The fourth-order valence-electron chi connectivity index (χ4n) is 3.98. The van der Waals surface area contributed by atoms with Crippen molar-refractivity contribution in [3.8, 4) is 0 Å². The molecule has 5 nitrogen and oxygen atoms in total. The van der Waals surface area contributed by atoms with E-state index in [0.717, 1.165) is 41.4 Å². The fraction of sp³-hybridized carbons (Fsp3) is 0.200. The Kier molecular flexibility index (Phi) is 5.08. The molecule has 2 aromatic heterocycles. The predicted molar refractivity (Wildman–Crippen MR) is 119 cm³/mol. The van der Waals surface area contributed by atoms with Crippen LogP contribution >= 0.6 is 0 Å². The first-order chi connectivity index (χ1) is 15.8. The van der Waals surface area contributed by atoms with Crippen LogP contribution in [0.15, 0.2) is 67.0 Å². The largest absolute Gasteiger partial charge is 0.478 e. The number of carbonyl (C=O) groups is 1. The fourth-order valence-corrected chi connectivity index (χ4v) is 3.98. The summed E-state index contributed by atoms with van der Waals surface area (Å²) in [6.07, 6.45) is 1.27. The number of nitrogens with one attached hydrogen (secondary N) is 1. The first kappa shape index (κ1) is 21.1. The minimum absolute atomic E-state index is 0.126. The van der Waals surface area contributed by atoms with Crippen molar-refractivity contribution in [1.82, 2.24) is 9.55 Å². The van der Waals surface area contributed by atoms with Crippen LogP contribution in [0, 0.1) is 0 Å². The number of aromatic nitrogens is 2. The second kappa shape index (κ2) is 7.95. The van der Waals surface area contributed by atoms with Gasteiger partial charge in [-0.25, -0.2) is 9.78 Å². The molecule has 0 bridgehead atoms. The molecule has 4 aromatic rings. The molecule has 0 unspecified atom stereocenters. The third kappa shape index (κ3) is 4.41. The van der Waals surface area contributed by atoms with E-state index in [9.17, 15) is 23.1 Å². The lowest BCUT2D eigenvalue weighted by Crippen LogP contribution is -2.06. The summed E-state index contributed by atoms with van der Waals surface area (Å²) >= 11 is 0. The van der Waals surface area contributed by atoms with Gasteiger partial charge in [-0.05, 0) is 72.4 Å². The molecule has 168 valence electrons. The first-order valence-corrected chi connectivity index (χ1v) is 10.5. The minimum atomic E-state index is -4.38. The van der Waals surface area contributed by atoms with Gasteiger partial charge in [0.1, 0.15) is 11.4 Å². The molecule has 0 amide bonds. The number of hydrogen-bond donors (Lipinski definition) is 2. The van der Waals surface area contributed by atoms with E-state index in [1.165, 1.54) is 6.07 Å². The second-order valence-corrected chi connectivity index (χ2v) is 8.28. The standard InChI is InChI=1S/C25H20F3N3O2/c26-25(27,28)19-3-1-2-15(10-19)14-31-9-8-17-11-20(6-7-22(17)31)30-23-21(24(32)33)12-18(13-29-23)16-4-5-16/h1-3,6-13,16H,4-5,14H2,(H,29,30)(H,32,33). The molecule has 0 radical (unpaired) electrons. The number of alkyl halides is 3. The summed E-state index contributed by atoms with van der Waals surface area (Å²) in [4.78, 5) is 16.1. The molecule has 0 atom stereocenters. The Hall–Kier alpha value is -3.81. The van der Waals surface area contributed by atoms with Crippen LogP contribution in [0.5, 0.6) is 0 Å². The molecule has 33 heavy (non-hydrogen) atoms. The molecule has 1 saturated carbocycles. The van der Waals surface area contributed by atoms with Gasteiger partial charge in [0.15, 0.2) is 0 Å². The molecule has 5 rings (SSSR count). The summed E-state index contributed by atoms with van der Waals surface area (Å²) in [5, 5.41) is 13.6. The third-order valence-corrected chi connectivity index (χ3v) is 5.83. The van der Waals surface area contributed by atoms with Crippen molar-refractivity contribution in [2.45, 2.75) is 31.5 Å². The summed E-state index contributed by atoms with van der Waals surface area (Å²) in [6.45, 7) is 0.299. The van der Waals surface area contributed by atoms with Crippen LogP contribution in [0.4, 0.5) is 24.7 Å². The number of pyridine rings is 1. The maximum atomic E-state index is 13.0. The molecule has 2 heterocycles. The monoisotopic (exact) mass is 451 g/mol. The van der Waals surface area contributed by atoms with Gasteiger partial charge in [-0.1, -0.05) is 12.1 Å². The van der Waals surface area contributed by atoms with E-state index in [-0.39, 0.29) is 11.4 Å². The quantitative estimate of drug-likeness (QED) is 0.355. The van der Waals surface area contributed by atoms with Gasteiger partial charge in [0.05, 0.1) is 5.56 Å². The van der Waals surface area contributed by atoms with Crippen molar-refractivity contribution in [3.05, 3.63) is 89.2 Å². The number of carboxylic acid groups (broad SMARTS) is 1. The molecule has 8 heteroatoms. The number of fused-ring (bicyclic) bond motifs is 1. The Balaban J connectivity index is 1.39. The Morgan fingerprint density at radius 3 is 2.67 bits per heavy atom. The number of aromatic carboxylic acids is 1. The first-order valence-electron chi connectivity index (χ1n) is 10.5. The van der Waals surface area contributed by atoms with Crippen molar-refractivity contribution in [2.24, 2.45) is 0 Å². The van der Waals surface area contributed by atoms with Gasteiger partial charge in [-0.3, -0.25) is 0 Å². The van der Waals surface area contributed by atoms with Gasteiger partial charge in [0, 0.05) is 35.5 Å². The lowest BCUT2D eigenvalue weighted by Gasteiger charge is -2.12. The predicted octanol–water partition coefficient (Wildman–Crippen LogP) is 6.42. The maximum Gasteiger partial charge on any atom is 0.416 e. The molecular formula is C25H20F3N3O2. The van der Waals surface area contributed by atoms with Crippen LogP contribution in [0.2, 0.25) is 0 Å². The topological polar surface area (TPSA) is 67.2 Å². The van der Waals surface area contributed by atoms with Crippen molar-refractivity contribution in [2.75, 3.05) is 5.32 Å². The number of halogens is 3. The van der Waals surface area contributed by atoms with Crippen molar-refractivity contribution in [1.29, 1.82) is 0 Å². The van der Waals surface area contributed by atoms with Crippen LogP contribution in [0.25, 0.3) is 10.9 Å². The van der Waals surface area contributed by atoms with E-state index < -0.39 is 17.7 Å². The Labute approximate surface area is 187 Å². The number of anilines is 2. The smallest absolute Gasteiger partial charge is 0.416 e. The van der Waals surface area contributed by atoms with Gasteiger partial charge >= 0.3 is 12.1 Å². The normalized spacial score (nSPS) is 13.9.